The zero-order valence-electron chi connectivity index (χ0n) is 18.5. The summed E-state index contributed by atoms with van der Waals surface area (Å²) in [5.74, 6) is 1.31. The molecule has 1 amide bonds. The van der Waals surface area contributed by atoms with Crippen LogP contribution >= 0.6 is 0 Å². The van der Waals surface area contributed by atoms with Crippen molar-refractivity contribution in [2.45, 2.75) is 38.1 Å². The average Bonchev–Trinajstić information content (AvgIpc) is 3.10. The van der Waals surface area contributed by atoms with Crippen LogP contribution in [0.15, 0.2) is 27.6 Å². The Labute approximate surface area is 182 Å². The first-order valence-corrected chi connectivity index (χ1v) is 11.5. The van der Waals surface area contributed by atoms with Gasteiger partial charge in [-0.15, -0.1) is 0 Å². The van der Waals surface area contributed by atoms with Crippen LogP contribution in [0.4, 0.5) is 0 Å². The van der Waals surface area contributed by atoms with Crippen molar-refractivity contribution in [3.8, 4) is 11.5 Å². The molecule has 170 valence electrons. The van der Waals surface area contributed by atoms with Crippen LogP contribution in [0.3, 0.4) is 0 Å². The minimum absolute atomic E-state index is 0.00293. The van der Waals surface area contributed by atoms with E-state index in [1.54, 1.807) is 18.0 Å². The Morgan fingerprint density at radius 2 is 1.84 bits per heavy atom. The van der Waals surface area contributed by atoms with Crippen LogP contribution < -0.4 is 9.47 Å². The Kier molecular flexibility index (Phi) is 6.90. The highest BCUT2D eigenvalue weighted by Gasteiger charge is 2.34. The van der Waals surface area contributed by atoms with E-state index in [-0.39, 0.29) is 29.8 Å². The summed E-state index contributed by atoms with van der Waals surface area (Å²) in [4.78, 5) is 14.7. The summed E-state index contributed by atoms with van der Waals surface area (Å²) in [6.45, 7) is 4.66. The summed E-state index contributed by atoms with van der Waals surface area (Å²) in [5.41, 5.74) is 1.68. The predicted octanol–water partition coefficient (Wildman–Crippen LogP) is 2.37. The summed E-state index contributed by atoms with van der Waals surface area (Å²) in [6, 6.07) is 4.54. The van der Waals surface area contributed by atoms with Gasteiger partial charge in [0.1, 0.15) is 5.76 Å². The second-order valence-electron chi connectivity index (χ2n) is 7.69. The monoisotopic (exact) mass is 451 g/mol. The largest absolute Gasteiger partial charge is 0.493 e. The van der Waals surface area contributed by atoms with Gasteiger partial charge in [-0.25, -0.2) is 8.42 Å². The molecule has 0 atom stereocenters. The van der Waals surface area contributed by atoms with Gasteiger partial charge in [0.2, 0.25) is 15.9 Å². The van der Waals surface area contributed by atoms with E-state index in [0.29, 0.717) is 36.6 Å². The van der Waals surface area contributed by atoms with Gasteiger partial charge in [-0.05, 0) is 38.8 Å². The highest BCUT2D eigenvalue weighted by Crippen LogP contribution is 2.32. The first-order chi connectivity index (χ1) is 14.7. The lowest BCUT2D eigenvalue weighted by Gasteiger charge is -2.32. The van der Waals surface area contributed by atoms with Crippen molar-refractivity contribution in [3.05, 3.63) is 35.2 Å². The molecule has 0 spiro atoms. The molecule has 3 rings (SSSR count). The highest BCUT2D eigenvalue weighted by atomic mass is 32.2. The molecular formula is C21H29N3O6S. The third-order valence-corrected chi connectivity index (χ3v) is 7.64. The van der Waals surface area contributed by atoms with Crippen molar-refractivity contribution in [2.75, 3.05) is 34.4 Å². The number of ether oxygens (including phenoxy) is 2. The molecule has 31 heavy (non-hydrogen) atoms. The van der Waals surface area contributed by atoms with Crippen LogP contribution in [0, 0.1) is 19.8 Å². The number of benzene rings is 1. The number of hydrogen-bond donors (Lipinski definition) is 0. The fraction of sp³-hybridized carbons (Fsp3) is 0.524. The number of carbonyl (C=O) groups is 1. The van der Waals surface area contributed by atoms with Crippen molar-refractivity contribution in [1.82, 2.24) is 14.4 Å². The van der Waals surface area contributed by atoms with Crippen molar-refractivity contribution in [3.63, 3.8) is 0 Å². The zero-order chi connectivity index (χ0) is 22.8. The summed E-state index contributed by atoms with van der Waals surface area (Å²) in [6.07, 6.45) is 0.939. The summed E-state index contributed by atoms with van der Waals surface area (Å²) in [7, 11) is 1.02. The Morgan fingerprint density at radius 3 is 2.39 bits per heavy atom. The van der Waals surface area contributed by atoms with E-state index in [1.165, 1.54) is 30.7 Å². The molecule has 0 bridgehead atoms. The molecule has 0 aliphatic carbocycles. The Bertz CT molecular complexity index is 1020. The number of sulfonamides is 1. The third kappa shape index (κ3) is 4.69. The van der Waals surface area contributed by atoms with Crippen molar-refractivity contribution < 1.29 is 27.2 Å². The number of nitrogens with zero attached hydrogens (tertiary/aromatic N) is 3. The molecule has 0 N–H and O–H groups in total. The second kappa shape index (κ2) is 9.27. The molecule has 10 heteroatoms. The maximum atomic E-state index is 13.1. The molecule has 9 nitrogen and oxygen atoms in total. The van der Waals surface area contributed by atoms with E-state index in [9.17, 15) is 13.2 Å². The number of rotatable bonds is 7. The Morgan fingerprint density at radius 1 is 1.19 bits per heavy atom. The van der Waals surface area contributed by atoms with E-state index >= 15 is 0 Å². The fourth-order valence-corrected chi connectivity index (χ4v) is 5.31. The van der Waals surface area contributed by atoms with Gasteiger partial charge in [0.05, 0.1) is 31.4 Å². The first-order valence-electron chi connectivity index (χ1n) is 10.1. The van der Waals surface area contributed by atoms with E-state index in [2.05, 4.69) is 5.16 Å². The molecule has 1 aliphatic rings. The summed E-state index contributed by atoms with van der Waals surface area (Å²) < 4.78 is 43.1. The van der Waals surface area contributed by atoms with Gasteiger partial charge in [0.25, 0.3) is 0 Å². The zero-order valence-corrected chi connectivity index (χ0v) is 19.4. The van der Waals surface area contributed by atoms with Gasteiger partial charge in [-0.2, -0.15) is 4.31 Å². The van der Waals surface area contributed by atoms with Gasteiger partial charge in [0, 0.05) is 37.7 Å². The average molecular weight is 452 g/mol. The van der Waals surface area contributed by atoms with Gasteiger partial charge in [-0.1, -0.05) is 5.16 Å². The number of aryl methyl sites for hydroxylation is 2. The predicted molar refractivity (Wildman–Crippen MR) is 113 cm³/mol. The van der Waals surface area contributed by atoms with Crippen LogP contribution in [0.2, 0.25) is 0 Å². The normalized spacial score (nSPS) is 15.6. The third-order valence-electron chi connectivity index (χ3n) is 5.75. The van der Waals surface area contributed by atoms with Crippen molar-refractivity contribution in [1.29, 1.82) is 0 Å². The molecule has 2 aromatic rings. The van der Waals surface area contributed by atoms with Crippen LogP contribution in [-0.4, -0.2) is 63.0 Å². The van der Waals surface area contributed by atoms with Crippen LogP contribution in [0.1, 0.15) is 29.9 Å². The van der Waals surface area contributed by atoms with Crippen molar-refractivity contribution in [2.24, 2.45) is 5.92 Å². The van der Waals surface area contributed by atoms with Crippen LogP contribution in [-0.2, 0) is 21.4 Å². The SMILES string of the molecule is COc1ccc(S(=O)(=O)N2CCC(C(=O)N(C)Cc3c(C)noc3C)CC2)cc1OC. The summed E-state index contributed by atoms with van der Waals surface area (Å²) in [5, 5.41) is 3.93. The lowest BCUT2D eigenvalue weighted by atomic mass is 9.96. The molecule has 0 saturated carbocycles. The number of carbonyl (C=O) groups excluding carboxylic acids is 1. The lowest BCUT2D eigenvalue weighted by Crippen LogP contribution is -2.43. The molecule has 2 heterocycles. The second-order valence-corrected chi connectivity index (χ2v) is 9.63. The van der Waals surface area contributed by atoms with Crippen LogP contribution in [0.5, 0.6) is 11.5 Å². The Hall–Kier alpha value is -2.59. The number of aromatic nitrogens is 1. The number of hydrogen-bond acceptors (Lipinski definition) is 7. The van der Waals surface area contributed by atoms with Crippen LogP contribution in [0.25, 0.3) is 0 Å². The molecule has 1 fully saturated rings. The quantitative estimate of drug-likeness (QED) is 0.637. The summed E-state index contributed by atoms with van der Waals surface area (Å²) >= 11 is 0. The standard InChI is InChI=1S/C21H29N3O6S/c1-14-18(15(2)30-22-14)13-23(3)21(25)16-8-10-24(11-9-16)31(26,27)17-6-7-19(28-4)20(12-17)29-5/h6-7,12,16H,8-11,13H2,1-5H3. The van der Waals surface area contributed by atoms with Crippen molar-refractivity contribution >= 4 is 15.9 Å². The Balaban J connectivity index is 1.65. The highest BCUT2D eigenvalue weighted by molar-refractivity contribution is 7.89. The minimum Gasteiger partial charge on any atom is -0.493 e. The molecular weight excluding hydrogens is 422 g/mol. The maximum absolute atomic E-state index is 13.1. The van der Waals surface area contributed by atoms with Gasteiger partial charge >= 0.3 is 0 Å². The van der Waals surface area contributed by atoms with Gasteiger partial charge < -0.3 is 18.9 Å². The lowest BCUT2D eigenvalue weighted by molar-refractivity contribution is -0.135. The van der Waals surface area contributed by atoms with Gasteiger partial charge in [0.15, 0.2) is 11.5 Å². The number of piperidine rings is 1. The van der Waals surface area contributed by atoms with Gasteiger partial charge in [-0.3, -0.25) is 4.79 Å². The first kappa shape index (κ1) is 23.1. The van der Waals surface area contributed by atoms with E-state index < -0.39 is 10.0 Å². The smallest absolute Gasteiger partial charge is 0.243 e. The molecule has 0 radical (unpaired) electrons. The number of methoxy groups -OCH3 is 2. The number of amides is 1. The minimum atomic E-state index is -3.69. The molecule has 0 unspecified atom stereocenters. The molecule has 1 saturated heterocycles. The van der Waals surface area contributed by atoms with E-state index in [1.807, 2.05) is 13.8 Å². The van der Waals surface area contributed by atoms with E-state index in [0.717, 1.165) is 11.3 Å². The molecule has 1 aliphatic heterocycles. The fourth-order valence-electron chi connectivity index (χ4n) is 3.82. The molecule has 1 aromatic carbocycles. The topological polar surface area (TPSA) is 102 Å². The van der Waals surface area contributed by atoms with E-state index in [4.69, 9.17) is 14.0 Å². The maximum Gasteiger partial charge on any atom is 0.243 e. The molecule has 1 aromatic heterocycles.